The van der Waals surface area contributed by atoms with E-state index in [1.54, 1.807) is 0 Å². The Morgan fingerprint density at radius 2 is 1.21 bits per heavy atom. The molecular weight excluding hydrogens is 356 g/mol. The van der Waals surface area contributed by atoms with Crippen molar-refractivity contribution in [2.24, 2.45) is 0 Å². The van der Waals surface area contributed by atoms with Crippen molar-refractivity contribution in [2.45, 2.75) is 24.9 Å². The van der Waals surface area contributed by atoms with Gasteiger partial charge in [-0.15, -0.1) is 0 Å². The van der Waals surface area contributed by atoms with Crippen LogP contribution in [0.15, 0.2) is 91.0 Å². The molecule has 0 unspecified atom stereocenters. The molecule has 0 saturated heterocycles. The Hall–Kier alpha value is -2.46. The molecule has 3 aromatic rings. The Balaban J connectivity index is 2.14. The molecular formula is C26H32N2O. The summed E-state index contributed by atoms with van der Waals surface area (Å²) < 4.78 is 0. The number of aliphatic hydroxyl groups excluding tert-OH is 1. The quantitative estimate of drug-likeness (QED) is 0.509. The van der Waals surface area contributed by atoms with Crippen molar-refractivity contribution in [3.63, 3.8) is 0 Å². The fraction of sp³-hybridized carbons (Fsp3) is 0.308. The summed E-state index contributed by atoms with van der Waals surface area (Å²) in [5.41, 5.74) is 2.93. The van der Waals surface area contributed by atoms with Gasteiger partial charge in [0.2, 0.25) is 0 Å². The first-order chi connectivity index (χ1) is 14.2. The number of hydrogen-bond donors (Lipinski definition) is 2. The molecule has 152 valence electrons. The van der Waals surface area contributed by atoms with Gasteiger partial charge in [-0.05, 0) is 36.7 Å². The molecule has 0 fully saturated rings. The maximum Gasteiger partial charge on any atom is 0.0951 e. The van der Waals surface area contributed by atoms with Crippen molar-refractivity contribution in [1.29, 1.82) is 0 Å². The van der Waals surface area contributed by atoms with Crippen LogP contribution in [0.2, 0.25) is 0 Å². The molecule has 3 rings (SSSR count). The Bertz CT molecular complexity index is 740. The van der Waals surface area contributed by atoms with Gasteiger partial charge < -0.3 is 10.0 Å². The summed E-state index contributed by atoms with van der Waals surface area (Å²) in [4.78, 5) is 2.28. The summed E-state index contributed by atoms with van der Waals surface area (Å²) in [7, 11) is 2.11. The summed E-state index contributed by atoms with van der Waals surface area (Å²) >= 11 is 0. The summed E-state index contributed by atoms with van der Waals surface area (Å²) in [6.45, 7) is 4.04. The largest absolute Gasteiger partial charge is 0.395 e. The Labute approximate surface area is 175 Å². The van der Waals surface area contributed by atoms with Crippen LogP contribution in [0.3, 0.4) is 0 Å². The molecule has 0 radical (unpaired) electrons. The Kier molecular flexibility index (Phi) is 7.59. The molecule has 3 nitrogen and oxygen atoms in total. The molecule has 0 aromatic heterocycles. The molecule has 29 heavy (non-hydrogen) atoms. The number of likely N-dealkylation sites (N-methyl/N-ethyl adjacent to an activating group) is 1. The number of benzene rings is 3. The van der Waals surface area contributed by atoms with Gasteiger partial charge in [-0.2, -0.15) is 0 Å². The fourth-order valence-corrected chi connectivity index (χ4v) is 4.12. The zero-order chi connectivity index (χ0) is 20.5. The van der Waals surface area contributed by atoms with Gasteiger partial charge in [-0.3, -0.25) is 5.32 Å². The molecule has 1 atom stereocenters. The highest BCUT2D eigenvalue weighted by atomic mass is 16.3. The van der Waals surface area contributed by atoms with Crippen molar-refractivity contribution < 1.29 is 5.11 Å². The highest BCUT2D eigenvalue weighted by Gasteiger charge is 2.38. The second kappa shape index (κ2) is 10.4. The van der Waals surface area contributed by atoms with Crippen LogP contribution in [0.4, 0.5) is 0 Å². The minimum atomic E-state index is -0.551. The predicted molar refractivity (Wildman–Crippen MR) is 121 cm³/mol. The van der Waals surface area contributed by atoms with Crippen LogP contribution < -0.4 is 5.32 Å². The zero-order valence-corrected chi connectivity index (χ0v) is 17.5. The lowest BCUT2D eigenvalue weighted by atomic mass is 9.76. The van der Waals surface area contributed by atoms with E-state index in [1.165, 1.54) is 0 Å². The molecule has 3 aromatic carbocycles. The van der Waals surface area contributed by atoms with Crippen LogP contribution in [0.1, 0.15) is 30.0 Å². The monoisotopic (exact) mass is 388 g/mol. The predicted octanol–water partition coefficient (Wildman–Crippen LogP) is 4.27. The Morgan fingerprint density at radius 3 is 1.55 bits per heavy atom. The average Bonchev–Trinajstić information content (AvgIpc) is 2.78. The lowest BCUT2D eigenvalue weighted by Gasteiger charge is -2.40. The van der Waals surface area contributed by atoms with Gasteiger partial charge in [0.1, 0.15) is 0 Å². The van der Waals surface area contributed by atoms with Crippen LogP contribution in [0.25, 0.3) is 0 Å². The maximum absolute atomic E-state index is 10.3. The van der Waals surface area contributed by atoms with E-state index in [-0.39, 0.29) is 12.6 Å². The third-order valence-corrected chi connectivity index (χ3v) is 5.40. The molecule has 0 aliphatic rings. The third kappa shape index (κ3) is 4.94. The summed E-state index contributed by atoms with van der Waals surface area (Å²) in [5, 5.41) is 14.1. The normalized spacial score (nSPS) is 12.8. The second-order valence-electron chi connectivity index (χ2n) is 7.63. The summed E-state index contributed by atoms with van der Waals surface area (Å²) in [5.74, 6) is 0. The Morgan fingerprint density at radius 1 is 0.793 bits per heavy atom. The lowest BCUT2D eigenvalue weighted by molar-refractivity contribution is 0.181. The molecule has 0 bridgehead atoms. The van der Waals surface area contributed by atoms with Gasteiger partial charge in [0.15, 0.2) is 0 Å². The van der Waals surface area contributed by atoms with E-state index in [1.807, 2.05) is 18.2 Å². The lowest BCUT2D eigenvalue weighted by Crippen LogP contribution is -2.54. The third-order valence-electron chi connectivity index (χ3n) is 5.40. The van der Waals surface area contributed by atoms with Crippen molar-refractivity contribution in [1.82, 2.24) is 10.2 Å². The first-order valence-electron chi connectivity index (χ1n) is 10.4. The number of aliphatic hydroxyl groups is 1. The van der Waals surface area contributed by atoms with Gasteiger partial charge in [-0.1, -0.05) is 97.9 Å². The number of rotatable bonds is 10. The molecule has 2 N–H and O–H groups in total. The number of hydrogen-bond acceptors (Lipinski definition) is 3. The molecule has 0 aliphatic carbocycles. The van der Waals surface area contributed by atoms with Gasteiger partial charge in [0, 0.05) is 12.6 Å². The number of nitrogens with one attached hydrogen (secondary N) is 1. The van der Waals surface area contributed by atoms with E-state index in [2.05, 4.69) is 97.0 Å². The van der Waals surface area contributed by atoms with Crippen molar-refractivity contribution >= 4 is 0 Å². The second-order valence-corrected chi connectivity index (χ2v) is 7.63. The van der Waals surface area contributed by atoms with Crippen LogP contribution in [0.5, 0.6) is 0 Å². The molecule has 3 heteroatoms. The van der Waals surface area contributed by atoms with Crippen LogP contribution >= 0.6 is 0 Å². The minimum absolute atomic E-state index is 0.0717. The molecule has 0 heterocycles. The smallest absolute Gasteiger partial charge is 0.0951 e. The summed E-state index contributed by atoms with van der Waals surface area (Å²) in [6.07, 6.45) is 1.09. The van der Waals surface area contributed by atoms with E-state index in [9.17, 15) is 5.11 Å². The van der Waals surface area contributed by atoms with Crippen molar-refractivity contribution in [2.75, 3.05) is 26.7 Å². The first kappa shape index (κ1) is 21.3. The zero-order valence-electron chi connectivity index (χ0n) is 17.5. The molecule has 0 amide bonds. The molecule has 0 aliphatic heterocycles. The van der Waals surface area contributed by atoms with E-state index in [0.29, 0.717) is 0 Å². The van der Waals surface area contributed by atoms with Crippen LogP contribution in [-0.2, 0) is 5.54 Å². The standard InChI is InChI=1S/C26H32N2O/c1-3-19-28(2)20-25(21-29)27-26(22-13-7-4-8-14-22,23-15-9-5-10-16-23)24-17-11-6-12-18-24/h4-18,25,27,29H,3,19-21H2,1-2H3/t25-/m0/s1. The van der Waals surface area contributed by atoms with Gasteiger partial charge in [-0.25, -0.2) is 0 Å². The minimum Gasteiger partial charge on any atom is -0.395 e. The highest BCUT2D eigenvalue weighted by molar-refractivity contribution is 5.49. The van der Waals surface area contributed by atoms with E-state index in [0.717, 1.165) is 36.2 Å². The topological polar surface area (TPSA) is 35.5 Å². The molecule has 0 saturated carbocycles. The summed E-state index contributed by atoms with van der Waals surface area (Å²) in [6, 6.07) is 31.5. The van der Waals surface area contributed by atoms with Crippen LogP contribution in [-0.4, -0.2) is 42.8 Å². The number of nitrogens with zero attached hydrogens (tertiary/aromatic N) is 1. The fourth-order valence-electron chi connectivity index (χ4n) is 4.12. The highest BCUT2D eigenvalue weighted by Crippen LogP contribution is 2.37. The molecule has 0 spiro atoms. The van der Waals surface area contributed by atoms with Crippen LogP contribution in [0, 0.1) is 0 Å². The van der Waals surface area contributed by atoms with E-state index >= 15 is 0 Å². The first-order valence-corrected chi connectivity index (χ1v) is 10.4. The van der Waals surface area contributed by atoms with Gasteiger partial charge in [0.25, 0.3) is 0 Å². The van der Waals surface area contributed by atoms with Crippen molar-refractivity contribution in [3.05, 3.63) is 108 Å². The van der Waals surface area contributed by atoms with E-state index in [4.69, 9.17) is 0 Å². The van der Waals surface area contributed by atoms with Gasteiger partial charge in [0.05, 0.1) is 12.1 Å². The maximum atomic E-state index is 10.3. The van der Waals surface area contributed by atoms with E-state index < -0.39 is 5.54 Å². The van der Waals surface area contributed by atoms with Crippen molar-refractivity contribution in [3.8, 4) is 0 Å². The van der Waals surface area contributed by atoms with Gasteiger partial charge >= 0.3 is 0 Å². The average molecular weight is 389 g/mol. The SMILES string of the molecule is CCCN(C)C[C@@H](CO)NC(c1ccccc1)(c1ccccc1)c1ccccc1.